The molecule has 0 radical (unpaired) electrons. The molecule has 2 aromatic rings. The third kappa shape index (κ3) is 3.06. The summed E-state index contributed by atoms with van der Waals surface area (Å²) in [6.07, 6.45) is 1.53. The Balaban J connectivity index is 1.53. The van der Waals surface area contributed by atoms with Crippen LogP contribution < -0.4 is 0 Å². The zero-order valence-electron chi connectivity index (χ0n) is 10.9. The summed E-state index contributed by atoms with van der Waals surface area (Å²) in [5, 5.41) is 0. The lowest BCUT2D eigenvalue weighted by molar-refractivity contribution is 0.0599. The molecule has 4 nitrogen and oxygen atoms in total. The highest BCUT2D eigenvalue weighted by Crippen LogP contribution is 2.23. The lowest BCUT2D eigenvalue weighted by Gasteiger charge is -2.34. The molecule has 0 unspecified atom stereocenters. The van der Waals surface area contributed by atoms with Gasteiger partial charge in [-0.3, -0.25) is 9.69 Å². The van der Waals surface area contributed by atoms with Crippen LogP contribution in [0.2, 0.25) is 4.34 Å². The van der Waals surface area contributed by atoms with Crippen LogP contribution in [-0.2, 0) is 6.54 Å². The monoisotopic (exact) mass is 310 g/mol. The highest BCUT2D eigenvalue weighted by Gasteiger charge is 2.23. The van der Waals surface area contributed by atoms with E-state index in [-0.39, 0.29) is 5.91 Å². The fraction of sp³-hybridized carbons (Fsp3) is 0.357. The molecule has 0 aromatic carbocycles. The van der Waals surface area contributed by atoms with Crippen molar-refractivity contribution in [2.24, 2.45) is 0 Å². The fourth-order valence-corrected chi connectivity index (χ4v) is 3.45. The molecule has 1 amide bonds. The number of carbonyl (C=O) groups excluding carboxylic acids is 1. The number of nitrogens with zero attached hydrogens (tertiary/aromatic N) is 2. The number of amides is 1. The number of thiophene rings is 1. The molecule has 106 valence electrons. The smallest absolute Gasteiger partial charge is 0.289 e. The van der Waals surface area contributed by atoms with Gasteiger partial charge >= 0.3 is 0 Å². The van der Waals surface area contributed by atoms with E-state index in [2.05, 4.69) is 11.0 Å². The van der Waals surface area contributed by atoms with E-state index in [0.29, 0.717) is 5.76 Å². The van der Waals surface area contributed by atoms with Crippen LogP contribution in [0.1, 0.15) is 15.4 Å². The van der Waals surface area contributed by atoms with Gasteiger partial charge in [-0.2, -0.15) is 0 Å². The maximum atomic E-state index is 12.1. The Hall–Kier alpha value is -1.30. The summed E-state index contributed by atoms with van der Waals surface area (Å²) in [6.45, 7) is 4.13. The highest BCUT2D eigenvalue weighted by molar-refractivity contribution is 7.16. The number of hydrogen-bond acceptors (Lipinski definition) is 4. The van der Waals surface area contributed by atoms with Crippen molar-refractivity contribution in [2.45, 2.75) is 6.54 Å². The molecule has 1 aliphatic heterocycles. The van der Waals surface area contributed by atoms with E-state index in [9.17, 15) is 4.79 Å². The first-order valence-corrected chi connectivity index (χ1v) is 7.71. The second-order valence-electron chi connectivity index (χ2n) is 4.75. The standard InChI is InChI=1S/C14H15ClN2O2S/c15-13-4-3-11(20-13)10-16-5-7-17(8-6-16)14(18)12-2-1-9-19-12/h1-4,9H,5-8,10H2. The SMILES string of the molecule is O=C(c1ccco1)N1CCN(Cc2ccc(Cl)s2)CC1. The third-order valence-electron chi connectivity index (χ3n) is 3.40. The fourth-order valence-electron chi connectivity index (χ4n) is 2.32. The van der Waals surface area contributed by atoms with E-state index in [1.807, 2.05) is 11.0 Å². The molecule has 1 aliphatic rings. The third-order valence-corrected chi connectivity index (χ3v) is 4.62. The van der Waals surface area contributed by atoms with Crippen molar-refractivity contribution in [3.05, 3.63) is 45.5 Å². The number of piperazine rings is 1. The predicted molar refractivity (Wildman–Crippen MR) is 79.2 cm³/mol. The summed E-state index contributed by atoms with van der Waals surface area (Å²) in [5.41, 5.74) is 0. The van der Waals surface area contributed by atoms with E-state index in [1.54, 1.807) is 23.5 Å². The minimum absolute atomic E-state index is 0.0196. The van der Waals surface area contributed by atoms with Gasteiger partial charge in [0.1, 0.15) is 0 Å². The molecular formula is C14H15ClN2O2S. The van der Waals surface area contributed by atoms with Crippen LogP contribution in [0.25, 0.3) is 0 Å². The zero-order valence-corrected chi connectivity index (χ0v) is 12.5. The van der Waals surface area contributed by atoms with Crippen LogP contribution in [0.15, 0.2) is 34.9 Å². The molecule has 3 heterocycles. The lowest BCUT2D eigenvalue weighted by atomic mass is 10.2. The van der Waals surface area contributed by atoms with Crippen molar-refractivity contribution in [3.63, 3.8) is 0 Å². The van der Waals surface area contributed by atoms with Gasteiger partial charge in [0, 0.05) is 37.6 Å². The van der Waals surface area contributed by atoms with E-state index in [1.165, 1.54) is 11.1 Å². The largest absolute Gasteiger partial charge is 0.459 e. The van der Waals surface area contributed by atoms with Gasteiger partial charge in [0.15, 0.2) is 5.76 Å². The Morgan fingerprint density at radius 2 is 2.05 bits per heavy atom. The Labute approximate surface area is 126 Å². The molecule has 0 saturated carbocycles. The second-order valence-corrected chi connectivity index (χ2v) is 6.55. The van der Waals surface area contributed by atoms with Gasteiger partial charge in [0.2, 0.25) is 0 Å². The van der Waals surface area contributed by atoms with Crippen LogP contribution in [0.5, 0.6) is 0 Å². The van der Waals surface area contributed by atoms with Crippen LogP contribution in [-0.4, -0.2) is 41.9 Å². The van der Waals surface area contributed by atoms with Crippen molar-refractivity contribution < 1.29 is 9.21 Å². The van der Waals surface area contributed by atoms with Gasteiger partial charge in [0.25, 0.3) is 5.91 Å². The van der Waals surface area contributed by atoms with Crippen molar-refractivity contribution in [3.8, 4) is 0 Å². The van der Waals surface area contributed by atoms with Gasteiger partial charge in [0.05, 0.1) is 10.6 Å². The molecule has 20 heavy (non-hydrogen) atoms. The molecule has 0 atom stereocenters. The summed E-state index contributed by atoms with van der Waals surface area (Å²) < 4.78 is 5.98. The summed E-state index contributed by atoms with van der Waals surface area (Å²) in [6, 6.07) is 7.44. The average Bonchev–Trinajstić information content (AvgIpc) is 3.11. The summed E-state index contributed by atoms with van der Waals surface area (Å²) in [7, 11) is 0. The number of carbonyl (C=O) groups is 1. The molecule has 3 rings (SSSR count). The number of halogens is 1. The molecule has 6 heteroatoms. The molecule has 1 fully saturated rings. The van der Waals surface area contributed by atoms with E-state index in [4.69, 9.17) is 16.0 Å². The van der Waals surface area contributed by atoms with Crippen LogP contribution in [0.4, 0.5) is 0 Å². The Kier molecular flexibility index (Phi) is 4.10. The number of rotatable bonds is 3. The predicted octanol–water partition coefficient (Wildman–Crippen LogP) is 2.95. The maximum Gasteiger partial charge on any atom is 0.289 e. The molecule has 0 aliphatic carbocycles. The Bertz CT molecular complexity index is 574. The minimum atomic E-state index is -0.0196. The van der Waals surface area contributed by atoms with Gasteiger partial charge < -0.3 is 9.32 Å². The van der Waals surface area contributed by atoms with Crippen LogP contribution >= 0.6 is 22.9 Å². The van der Waals surface area contributed by atoms with Crippen molar-refractivity contribution in [1.82, 2.24) is 9.80 Å². The highest BCUT2D eigenvalue weighted by atomic mass is 35.5. The summed E-state index contributed by atoms with van der Waals surface area (Å²) in [5.74, 6) is 0.400. The van der Waals surface area contributed by atoms with E-state index < -0.39 is 0 Å². The van der Waals surface area contributed by atoms with Crippen molar-refractivity contribution >= 4 is 28.8 Å². The van der Waals surface area contributed by atoms with Gasteiger partial charge in [-0.05, 0) is 24.3 Å². The Morgan fingerprint density at radius 3 is 2.65 bits per heavy atom. The van der Waals surface area contributed by atoms with Gasteiger partial charge in [-0.25, -0.2) is 0 Å². The van der Waals surface area contributed by atoms with E-state index >= 15 is 0 Å². The summed E-state index contributed by atoms with van der Waals surface area (Å²) in [4.78, 5) is 17.6. The van der Waals surface area contributed by atoms with Gasteiger partial charge in [-0.15, -0.1) is 11.3 Å². The normalized spacial score (nSPS) is 16.6. The molecule has 2 aromatic heterocycles. The first kappa shape index (κ1) is 13.7. The Morgan fingerprint density at radius 1 is 1.25 bits per heavy atom. The molecule has 0 spiro atoms. The quantitative estimate of drug-likeness (QED) is 0.874. The van der Waals surface area contributed by atoms with Crippen LogP contribution in [0, 0.1) is 0 Å². The molecular weight excluding hydrogens is 296 g/mol. The molecule has 0 bridgehead atoms. The van der Waals surface area contributed by atoms with Crippen molar-refractivity contribution in [1.29, 1.82) is 0 Å². The first-order valence-electron chi connectivity index (χ1n) is 6.52. The minimum Gasteiger partial charge on any atom is -0.459 e. The van der Waals surface area contributed by atoms with Crippen molar-refractivity contribution in [2.75, 3.05) is 26.2 Å². The lowest BCUT2D eigenvalue weighted by Crippen LogP contribution is -2.48. The van der Waals surface area contributed by atoms with Crippen LogP contribution in [0.3, 0.4) is 0 Å². The topological polar surface area (TPSA) is 36.7 Å². The number of hydrogen-bond donors (Lipinski definition) is 0. The molecule has 0 N–H and O–H groups in total. The maximum absolute atomic E-state index is 12.1. The van der Waals surface area contributed by atoms with E-state index in [0.717, 1.165) is 37.1 Å². The first-order chi connectivity index (χ1) is 9.72. The van der Waals surface area contributed by atoms with Gasteiger partial charge in [-0.1, -0.05) is 11.6 Å². The molecule has 1 saturated heterocycles. The zero-order chi connectivity index (χ0) is 13.9. The second kappa shape index (κ2) is 5.99. The summed E-state index contributed by atoms with van der Waals surface area (Å²) >= 11 is 7.55. The number of furan rings is 1. The average molecular weight is 311 g/mol.